The van der Waals surface area contributed by atoms with E-state index in [9.17, 15) is 5.11 Å². The van der Waals surface area contributed by atoms with Gasteiger partial charge >= 0.3 is 0 Å². The maximum absolute atomic E-state index is 9.99. The van der Waals surface area contributed by atoms with Crippen molar-refractivity contribution in [3.8, 4) is 0 Å². The number of hydrogen-bond acceptors (Lipinski definition) is 3. The van der Waals surface area contributed by atoms with Gasteiger partial charge in [0, 0.05) is 24.6 Å². The molecular formula is C17H27NO2. The molecule has 0 aromatic carbocycles. The highest BCUT2D eigenvalue weighted by molar-refractivity contribution is 5.01. The van der Waals surface area contributed by atoms with Gasteiger partial charge in [0.05, 0.1) is 12.8 Å². The van der Waals surface area contributed by atoms with Crippen LogP contribution in [-0.4, -0.2) is 29.2 Å². The second-order valence-corrected chi connectivity index (χ2v) is 6.79. The van der Waals surface area contributed by atoms with Crippen molar-refractivity contribution in [1.29, 1.82) is 0 Å². The molecule has 2 saturated carbocycles. The first-order valence-corrected chi connectivity index (χ1v) is 8.19. The lowest BCUT2D eigenvalue weighted by molar-refractivity contribution is 0.0502. The average molecular weight is 277 g/mol. The van der Waals surface area contributed by atoms with E-state index < -0.39 is 0 Å². The minimum absolute atomic E-state index is 0.131. The SMILES string of the molecule is OCC1(CN(Cc2ccco2)C2CC2)CCCCCC1. The molecule has 2 aliphatic carbocycles. The standard InChI is InChI=1S/C17H27NO2/c19-14-17(9-3-1-2-4-10-17)13-18(15-7-8-15)12-16-6-5-11-20-16/h5-6,11,15,19H,1-4,7-10,12-14H2. The molecule has 1 aromatic heterocycles. The summed E-state index contributed by atoms with van der Waals surface area (Å²) in [6.45, 7) is 2.28. The van der Waals surface area contributed by atoms with Gasteiger partial charge in [0.2, 0.25) is 0 Å². The Balaban J connectivity index is 1.67. The van der Waals surface area contributed by atoms with E-state index in [0.717, 1.165) is 18.8 Å². The van der Waals surface area contributed by atoms with E-state index in [4.69, 9.17) is 4.42 Å². The average Bonchev–Trinajstić information content (AvgIpc) is 3.23. The quantitative estimate of drug-likeness (QED) is 0.807. The lowest BCUT2D eigenvalue weighted by Gasteiger charge is -2.36. The second-order valence-electron chi connectivity index (χ2n) is 6.79. The summed E-state index contributed by atoms with van der Waals surface area (Å²) in [6.07, 6.45) is 12.0. The third kappa shape index (κ3) is 3.44. The van der Waals surface area contributed by atoms with E-state index in [0.29, 0.717) is 12.6 Å². The van der Waals surface area contributed by atoms with Gasteiger partial charge in [-0.15, -0.1) is 0 Å². The molecule has 2 fully saturated rings. The Bertz CT molecular complexity index is 389. The predicted molar refractivity (Wildman–Crippen MR) is 79.4 cm³/mol. The molecule has 3 nitrogen and oxygen atoms in total. The number of furan rings is 1. The molecule has 1 N–H and O–H groups in total. The second kappa shape index (κ2) is 6.31. The summed E-state index contributed by atoms with van der Waals surface area (Å²) >= 11 is 0. The van der Waals surface area contributed by atoms with Crippen LogP contribution in [0.25, 0.3) is 0 Å². The summed E-state index contributed by atoms with van der Waals surface area (Å²) < 4.78 is 5.52. The molecule has 0 radical (unpaired) electrons. The molecule has 0 aliphatic heterocycles. The van der Waals surface area contributed by atoms with Crippen LogP contribution in [0.2, 0.25) is 0 Å². The molecule has 20 heavy (non-hydrogen) atoms. The third-order valence-electron chi connectivity index (χ3n) is 5.04. The summed E-state index contributed by atoms with van der Waals surface area (Å²) in [7, 11) is 0. The van der Waals surface area contributed by atoms with E-state index in [1.54, 1.807) is 6.26 Å². The van der Waals surface area contributed by atoms with Crippen LogP contribution in [-0.2, 0) is 6.54 Å². The fourth-order valence-corrected chi connectivity index (χ4v) is 3.63. The highest BCUT2D eigenvalue weighted by atomic mass is 16.3. The van der Waals surface area contributed by atoms with Gasteiger partial charge in [-0.1, -0.05) is 25.7 Å². The molecule has 0 spiro atoms. The molecule has 112 valence electrons. The van der Waals surface area contributed by atoms with Crippen molar-refractivity contribution in [3.05, 3.63) is 24.2 Å². The molecule has 1 aromatic rings. The minimum atomic E-state index is 0.131. The van der Waals surface area contributed by atoms with Crippen LogP contribution in [0.1, 0.15) is 57.1 Å². The van der Waals surface area contributed by atoms with E-state index in [-0.39, 0.29) is 5.41 Å². The van der Waals surface area contributed by atoms with E-state index >= 15 is 0 Å². The molecule has 0 amide bonds. The lowest BCUT2D eigenvalue weighted by atomic mass is 9.80. The molecule has 0 atom stereocenters. The zero-order valence-corrected chi connectivity index (χ0v) is 12.4. The number of hydrogen-bond donors (Lipinski definition) is 1. The first-order chi connectivity index (χ1) is 9.81. The molecule has 0 unspecified atom stereocenters. The third-order valence-corrected chi connectivity index (χ3v) is 5.04. The van der Waals surface area contributed by atoms with Gasteiger partial charge in [-0.25, -0.2) is 0 Å². The van der Waals surface area contributed by atoms with Crippen molar-refractivity contribution in [3.63, 3.8) is 0 Å². The molecule has 3 rings (SSSR count). The summed E-state index contributed by atoms with van der Waals surface area (Å²) in [4.78, 5) is 2.56. The predicted octanol–water partition coefficient (Wildman–Crippen LogP) is 3.58. The monoisotopic (exact) mass is 277 g/mol. The first kappa shape index (κ1) is 14.2. The van der Waals surface area contributed by atoms with Crippen LogP contribution < -0.4 is 0 Å². The van der Waals surface area contributed by atoms with Crippen molar-refractivity contribution in [1.82, 2.24) is 4.90 Å². The Morgan fingerprint density at radius 2 is 1.95 bits per heavy atom. The summed E-state index contributed by atoms with van der Waals surface area (Å²) in [5.74, 6) is 1.05. The van der Waals surface area contributed by atoms with Gasteiger partial charge in [-0.05, 0) is 37.8 Å². The fourth-order valence-electron chi connectivity index (χ4n) is 3.63. The molecule has 3 heteroatoms. The van der Waals surface area contributed by atoms with Crippen LogP contribution in [0, 0.1) is 5.41 Å². The van der Waals surface area contributed by atoms with E-state index in [1.807, 2.05) is 6.07 Å². The number of aliphatic hydroxyl groups excluding tert-OH is 1. The highest BCUT2D eigenvalue weighted by Gasteiger charge is 2.37. The number of nitrogens with zero attached hydrogens (tertiary/aromatic N) is 1. The van der Waals surface area contributed by atoms with Crippen molar-refractivity contribution >= 4 is 0 Å². The molecule has 1 heterocycles. The lowest BCUT2D eigenvalue weighted by Crippen LogP contribution is -2.41. The molecule has 0 bridgehead atoms. The van der Waals surface area contributed by atoms with Crippen LogP contribution in [0.3, 0.4) is 0 Å². The van der Waals surface area contributed by atoms with E-state index in [1.165, 1.54) is 51.4 Å². The Hall–Kier alpha value is -0.800. The Kier molecular flexibility index (Phi) is 4.47. The van der Waals surface area contributed by atoms with Gasteiger partial charge in [0.25, 0.3) is 0 Å². The maximum Gasteiger partial charge on any atom is 0.117 e. The highest BCUT2D eigenvalue weighted by Crippen LogP contribution is 2.39. The topological polar surface area (TPSA) is 36.6 Å². The summed E-state index contributed by atoms with van der Waals surface area (Å²) in [6, 6.07) is 4.74. The largest absolute Gasteiger partial charge is 0.468 e. The van der Waals surface area contributed by atoms with Gasteiger partial charge in [-0.2, -0.15) is 0 Å². The van der Waals surface area contributed by atoms with Crippen LogP contribution in [0.15, 0.2) is 22.8 Å². The van der Waals surface area contributed by atoms with Crippen molar-refractivity contribution in [2.24, 2.45) is 5.41 Å². The van der Waals surface area contributed by atoms with Crippen LogP contribution >= 0.6 is 0 Å². The summed E-state index contributed by atoms with van der Waals surface area (Å²) in [5, 5.41) is 9.99. The molecular weight excluding hydrogens is 250 g/mol. The maximum atomic E-state index is 9.99. The fraction of sp³-hybridized carbons (Fsp3) is 0.765. The zero-order valence-electron chi connectivity index (χ0n) is 12.4. The van der Waals surface area contributed by atoms with Gasteiger partial charge in [0.1, 0.15) is 5.76 Å². The number of rotatable bonds is 6. The normalized spacial score (nSPS) is 22.9. The smallest absolute Gasteiger partial charge is 0.117 e. The Morgan fingerprint density at radius 3 is 2.50 bits per heavy atom. The van der Waals surface area contributed by atoms with Crippen molar-refractivity contribution in [2.75, 3.05) is 13.2 Å². The molecule has 0 saturated heterocycles. The minimum Gasteiger partial charge on any atom is -0.468 e. The van der Waals surface area contributed by atoms with Crippen molar-refractivity contribution in [2.45, 2.75) is 64.0 Å². The van der Waals surface area contributed by atoms with Gasteiger partial charge in [0.15, 0.2) is 0 Å². The van der Waals surface area contributed by atoms with Crippen LogP contribution in [0.5, 0.6) is 0 Å². The van der Waals surface area contributed by atoms with Gasteiger partial charge < -0.3 is 9.52 Å². The summed E-state index contributed by atoms with van der Waals surface area (Å²) in [5.41, 5.74) is 0.131. The Labute approximate surface area is 122 Å². The molecule has 2 aliphatic rings. The van der Waals surface area contributed by atoms with Crippen LogP contribution in [0.4, 0.5) is 0 Å². The Morgan fingerprint density at radius 1 is 1.20 bits per heavy atom. The van der Waals surface area contributed by atoms with Crippen molar-refractivity contribution < 1.29 is 9.52 Å². The van der Waals surface area contributed by atoms with Gasteiger partial charge in [-0.3, -0.25) is 4.90 Å². The van der Waals surface area contributed by atoms with E-state index in [2.05, 4.69) is 11.0 Å². The zero-order chi connectivity index (χ0) is 13.8. The first-order valence-electron chi connectivity index (χ1n) is 8.19. The number of aliphatic hydroxyl groups is 1.